The van der Waals surface area contributed by atoms with Crippen LogP contribution in [0.3, 0.4) is 0 Å². The van der Waals surface area contributed by atoms with Gasteiger partial charge in [0.2, 0.25) is 5.91 Å². The van der Waals surface area contributed by atoms with Gasteiger partial charge in [0.15, 0.2) is 0 Å². The number of rotatable bonds is 3. The van der Waals surface area contributed by atoms with E-state index in [0.29, 0.717) is 30.8 Å². The topological polar surface area (TPSA) is 60.9 Å². The molecule has 22 heavy (non-hydrogen) atoms. The van der Waals surface area contributed by atoms with Crippen molar-refractivity contribution in [1.29, 1.82) is 0 Å². The summed E-state index contributed by atoms with van der Waals surface area (Å²) in [5.74, 6) is -0.406. The van der Waals surface area contributed by atoms with Crippen molar-refractivity contribution in [3.8, 4) is 0 Å². The van der Waals surface area contributed by atoms with E-state index in [1.807, 2.05) is 11.8 Å². The minimum absolute atomic E-state index is 0.0774. The molecule has 1 unspecified atom stereocenters. The number of hydrogen-bond acceptors (Lipinski definition) is 4. The Morgan fingerprint density at radius 2 is 1.59 bits per heavy atom. The van der Waals surface area contributed by atoms with Crippen molar-refractivity contribution in [3.05, 3.63) is 35.4 Å². The molecule has 0 aliphatic carbocycles. The van der Waals surface area contributed by atoms with Crippen LogP contribution >= 0.6 is 0 Å². The van der Waals surface area contributed by atoms with Crippen molar-refractivity contribution in [2.24, 2.45) is 0 Å². The van der Waals surface area contributed by atoms with E-state index in [4.69, 9.17) is 0 Å². The summed E-state index contributed by atoms with van der Waals surface area (Å²) < 4.78 is 0. The standard InChI is InChI=1S/C16H19N3O3/c1-11-14(20)17(2)7-8-18(11)9-10-19-15(21)12-5-3-4-6-13(12)16(19)22/h3-6,11H,7-10H2,1-2H3. The van der Waals surface area contributed by atoms with Crippen molar-refractivity contribution >= 4 is 17.7 Å². The summed E-state index contributed by atoms with van der Waals surface area (Å²) in [4.78, 5) is 41.6. The summed E-state index contributed by atoms with van der Waals surface area (Å²) in [6.45, 7) is 4.12. The van der Waals surface area contributed by atoms with Crippen LogP contribution in [-0.2, 0) is 4.79 Å². The largest absolute Gasteiger partial charge is 0.343 e. The van der Waals surface area contributed by atoms with Crippen LogP contribution in [-0.4, -0.2) is 71.7 Å². The zero-order chi connectivity index (χ0) is 15.9. The molecule has 1 aromatic carbocycles. The second-order valence-electron chi connectivity index (χ2n) is 5.78. The van der Waals surface area contributed by atoms with Crippen molar-refractivity contribution < 1.29 is 14.4 Å². The maximum atomic E-state index is 12.3. The minimum Gasteiger partial charge on any atom is -0.343 e. The number of hydrogen-bond donors (Lipinski definition) is 0. The Morgan fingerprint density at radius 1 is 1.00 bits per heavy atom. The van der Waals surface area contributed by atoms with E-state index in [1.54, 1.807) is 36.2 Å². The molecule has 3 amide bonds. The van der Waals surface area contributed by atoms with Gasteiger partial charge in [0.1, 0.15) is 0 Å². The number of imide groups is 1. The zero-order valence-corrected chi connectivity index (χ0v) is 12.8. The summed E-state index contributed by atoms with van der Waals surface area (Å²) in [5.41, 5.74) is 0.935. The summed E-state index contributed by atoms with van der Waals surface area (Å²) in [6.07, 6.45) is 0. The number of benzene rings is 1. The van der Waals surface area contributed by atoms with Gasteiger partial charge in [-0.05, 0) is 19.1 Å². The van der Waals surface area contributed by atoms with E-state index >= 15 is 0 Å². The van der Waals surface area contributed by atoms with Crippen LogP contribution in [0.1, 0.15) is 27.6 Å². The predicted octanol–water partition coefficient (Wildman–Crippen LogP) is 0.445. The Kier molecular flexibility index (Phi) is 3.70. The minimum atomic E-state index is -0.242. The van der Waals surface area contributed by atoms with E-state index in [9.17, 15) is 14.4 Å². The molecule has 6 heteroatoms. The highest BCUT2D eigenvalue weighted by atomic mass is 16.2. The molecular weight excluding hydrogens is 282 g/mol. The molecule has 6 nitrogen and oxygen atoms in total. The van der Waals surface area contributed by atoms with Gasteiger partial charge in [-0.3, -0.25) is 24.2 Å². The Bertz CT molecular complexity index is 608. The Hall–Kier alpha value is -2.21. The van der Waals surface area contributed by atoms with Gasteiger partial charge in [0.05, 0.1) is 17.2 Å². The van der Waals surface area contributed by atoms with Gasteiger partial charge in [-0.1, -0.05) is 12.1 Å². The molecule has 3 rings (SSSR count). The van der Waals surface area contributed by atoms with Crippen LogP contribution < -0.4 is 0 Å². The number of nitrogens with zero attached hydrogens (tertiary/aromatic N) is 3. The fraction of sp³-hybridized carbons (Fsp3) is 0.438. The first-order valence-electron chi connectivity index (χ1n) is 7.45. The first-order valence-corrected chi connectivity index (χ1v) is 7.45. The van der Waals surface area contributed by atoms with Crippen molar-refractivity contribution in [2.45, 2.75) is 13.0 Å². The lowest BCUT2D eigenvalue weighted by Gasteiger charge is -2.37. The van der Waals surface area contributed by atoms with Gasteiger partial charge in [-0.15, -0.1) is 0 Å². The number of carbonyl (C=O) groups excluding carboxylic acids is 3. The fourth-order valence-corrected chi connectivity index (χ4v) is 3.03. The molecule has 1 atom stereocenters. The monoisotopic (exact) mass is 301 g/mol. The molecule has 0 spiro atoms. The number of amides is 3. The van der Waals surface area contributed by atoms with Crippen LogP contribution in [0.2, 0.25) is 0 Å². The van der Waals surface area contributed by atoms with E-state index in [-0.39, 0.29) is 23.8 Å². The van der Waals surface area contributed by atoms with E-state index in [1.165, 1.54) is 4.90 Å². The molecular formula is C16H19N3O3. The van der Waals surface area contributed by atoms with Crippen LogP contribution in [0.5, 0.6) is 0 Å². The smallest absolute Gasteiger partial charge is 0.261 e. The summed E-state index contributed by atoms with van der Waals surface area (Å²) in [6, 6.07) is 6.66. The molecule has 2 aliphatic rings. The number of carbonyl (C=O) groups is 3. The van der Waals surface area contributed by atoms with Gasteiger partial charge in [-0.2, -0.15) is 0 Å². The van der Waals surface area contributed by atoms with Crippen LogP contribution in [0, 0.1) is 0 Å². The fourth-order valence-electron chi connectivity index (χ4n) is 3.03. The third kappa shape index (κ3) is 2.29. The normalized spacial score (nSPS) is 22.5. The number of fused-ring (bicyclic) bond motifs is 1. The molecule has 1 fully saturated rings. The molecule has 0 aromatic heterocycles. The lowest BCUT2D eigenvalue weighted by molar-refractivity contribution is -0.139. The highest BCUT2D eigenvalue weighted by Crippen LogP contribution is 2.22. The average Bonchev–Trinajstić information content (AvgIpc) is 2.77. The summed E-state index contributed by atoms with van der Waals surface area (Å²) >= 11 is 0. The summed E-state index contributed by atoms with van der Waals surface area (Å²) in [5, 5.41) is 0. The second kappa shape index (κ2) is 5.53. The molecule has 2 heterocycles. The SMILES string of the molecule is CC1C(=O)N(C)CCN1CCN1C(=O)c2ccccc2C1=O. The van der Waals surface area contributed by atoms with Gasteiger partial charge < -0.3 is 4.90 Å². The zero-order valence-electron chi connectivity index (χ0n) is 12.8. The molecule has 0 bridgehead atoms. The van der Waals surface area contributed by atoms with Gasteiger partial charge in [0.25, 0.3) is 11.8 Å². The lowest BCUT2D eigenvalue weighted by atomic mass is 10.1. The molecule has 1 saturated heterocycles. The van der Waals surface area contributed by atoms with Crippen LogP contribution in [0.4, 0.5) is 0 Å². The molecule has 0 saturated carbocycles. The summed E-state index contributed by atoms with van der Waals surface area (Å²) in [7, 11) is 1.79. The Balaban J connectivity index is 1.67. The van der Waals surface area contributed by atoms with Gasteiger partial charge >= 0.3 is 0 Å². The molecule has 2 aliphatic heterocycles. The maximum Gasteiger partial charge on any atom is 0.261 e. The molecule has 0 N–H and O–H groups in total. The van der Waals surface area contributed by atoms with Crippen molar-refractivity contribution in [3.63, 3.8) is 0 Å². The van der Waals surface area contributed by atoms with Crippen molar-refractivity contribution in [1.82, 2.24) is 14.7 Å². The number of piperazine rings is 1. The maximum absolute atomic E-state index is 12.3. The third-order valence-electron chi connectivity index (χ3n) is 4.49. The second-order valence-corrected chi connectivity index (χ2v) is 5.78. The van der Waals surface area contributed by atoms with Gasteiger partial charge in [-0.25, -0.2) is 0 Å². The van der Waals surface area contributed by atoms with Crippen LogP contribution in [0.25, 0.3) is 0 Å². The highest BCUT2D eigenvalue weighted by Gasteiger charge is 2.36. The average molecular weight is 301 g/mol. The Labute approximate surface area is 129 Å². The molecule has 116 valence electrons. The number of likely N-dealkylation sites (N-methyl/N-ethyl adjacent to an activating group) is 1. The van der Waals surface area contributed by atoms with Crippen LogP contribution in [0.15, 0.2) is 24.3 Å². The van der Waals surface area contributed by atoms with E-state index < -0.39 is 0 Å². The van der Waals surface area contributed by atoms with Crippen molar-refractivity contribution in [2.75, 3.05) is 33.2 Å². The lowest BCUT2D eigenvalue weighted by Crippen LogP contribution is -2.55. The quantitative estimate of drug-likeness (QED) is 0.760. The predicted molar refractivity (Wildman–Crippen MR) is 80.5 cm³/mol. The molecule has 0 radical (unpaired) electrons. The van der Waals surface area contributed by atoms with Gasteiger partial charge in [0, 0.05) is 33.2 Å². The van der Waals surface area contributed by atoms with E-state index in [2.05, 4.69) is 0 Å². The first kappa shape index (κ1) is 14.7. The Morgan fingerprint density at radius 3 is 2.18 bits per heavy atom. The first-order chi connectivity index (χ1) is 10.5. The third-order valence-corrected chi connectivity index (χ3v) is 4.49. The molecule has 1 aromatic rings. The highest BCUT2D eigenvalue weighted by molar-refractivity contribution is 6.21. The van der Waals surface area contributed by atoms with E-state index in [0.717, 1.165) is 6.54 Å².